The molecular weight excluding hydrogens is 224 g/mol. The van der Waals surface area contributed by atoms with E-state index in [1.54, 1.807) is 0 Å². The third-order valence-corrected chi connectivity index (χ3v) is 3.72. The molecule has 0 aliphatic carbocycles. The number of H-pyrrole nitrogens is 1. The fraction of sp³-hybridized carbons (Fsp3) is 0.400. The summed E-state index contributed by atoms with van der Waals surface area (Å²) in [5.41, 5.74) is 3.47. The van der Waals surface area contributed by atoms with Crippen molar-refractivity contribution in [2.45, 2.75) is 26.2 Å². The van der Waals surface area contributed by atoms with Gasteiger partial charge in [0.15, 0.2) is 0 Å². The molecule has 2 heterocycles. The van der Waals surface area contributed by atoms with E-state index in [-0.39, 0.29) is 5.91 Å². The van der Waals surface area contributed by atoms with E-state index in [9.17, 15) is 4.79 Å². The van der Waals surface area contributed by atoms with Crippen molar-refractivity contribution in [1.29, 1.82) is 0 Å². The molecule has 1 N–H and O–H groups in total. The summed E-state index contributed by atoms with van der Waals surface area (Å²) in [6.07, 6.45) is 4.79. The van der Waals surface area contributed by atoms with E-state index in [1.165, 1.54) is 10.9 Å². The smallest absolute Gasteiger partial charge is 0.227 e. The Balaban J connectivity index is 1.85. The van der Waals surface area contributed by atoms with E-state index in [2.05, 4.69) is 30.1 Å². The van der Waals surface area contributed by atoms with Crippen molar-refractivity contribution in [3.8, 4) is 0 Å². The zero-order chi connectivity index (χ0) is 12.5. The third-order valence-electron chi connectivity index (χ3n) is 3.72. The number of fused-ring (bicyclic) bond motifs is 1. The topological polar surface area (TPSA) is 36.1 Å². The maximum Gasteiger partial charge on any atom is 0.227 e. The van der Waals surface area contributed by atoms with Crippen molar-refractivity contribution in [3.05, 3.63) is 35.5 Å². The molecule has 18 heavy (non-hydrogen) atoms. The van der Waals surface area contributed by atoms with Gasteiger partial charge in [-0.05, 0) is 37.5 Å². The third kappa shape index (κ3) is 2.01. The quantitative estimate of drug-likeness (QED) is 0.863. The molecule has 1 aliphatic rings. The Morgan fingerprint density at radius 2 is 2.11 bits per heavy atom. The summed E-state index contributed by atoms with van der Waals surface area (Å²) in [7, 11) is 0. The van der Waals surface area contributed by atoms with Crippen molar-refractivity contribution >= 4 is 16.8 Å². The zero-order valence-corrected chi connectivity index (χ0v) is 10.7. The molecule has 1 aromatic heterocycles. The highest BCUT2D eigenvalue weighted by Crippen LogP contribution is 2.21. The lowest BCUT2D eigenvalue weighted by Gasteiger charge is -2.14. The van der Waals surface area contributed by atoms with Gasteiger partial charge < -0.3 is 9.88 Å². The maximum absolute atomic E-state index is 12.2. The summed E-state index contributed by atoms with van der Waals surface area (Å²) in [6.45, 7) is 3.94. The van der Waals surface area contributed by atoms with Gasteiger partial charge in [0, 0.05) is 30.2 Å². The lowest BCUT2D eigenvalue weighted by molar-refractivity contribution is -0.129. The van der Waals surface area contributed by atoms with Crippen molar-refractivity contribution in [2.75, 3.05) is 13.1 Å². The predicted molar refractivity (Wildman–Crippen MR) is 72.6 cm³/mol. The fourth-order valence-corrected chi connectivity index (χ4v) is 2.68. The van der Waals surface area contributed by atoms with Gasteiger partial charge in [0.1, 0.15) is 0 Å². The van der Waals surface area contributed by atoms with Gasteiger partial charge in [-0.3, -0.25) is 4.79 Å². The second-order valence-corrected chi connectivity index (χ2v) is 5.13. The molecule has 0 saturated carbocycles. The first kappa shape index (κ1) is 11.3. The highest BCUT2D eigenvalue weighted by Gasteiger charge is 2.19. The van der Waals surface area contributed by atoms with Gasteiger partial charge >= 0.3 is 0 Å². The van der Waals surface area contributed by atoms with Crippen LogP contribution in [0, 0.1) is 6.92 Å². The molecule has 3 nitrogen and oxygen atoms in total. The molecule has 1 aromatic carbocycles. The molecule has 0 bridgehead atoms. The number of rotatable bonds is 2. The van der Waals surface area contributed by atoms with Gasteiger partial charge in [0.25, 0.3) is 0 Å². The molecule has 0 radical (unpaired) electrons. The first-order chi connectivity index (χ1) is 8.74. The van der Waals surface area contributed by atoms with Crippen LogP contribution in [0.2, 0.25) is 0 Å². The van der Waals surface area contributed by atoms with Crippen molar-refractivity contribution in [2.24, 2.45) is 0 Å². The van der Waals surface area contributed by atoms with Gasteiger partial charge in [-0.1, -0.05) is 11.6 Å². The molecule has 3 heteroatoms. The summed E-state index contributed by atoms with van der Waals surface area (Å²) in [5.74, 6) is 0.259. The first-order valence-electron chi connectivity index (χ1n) is 6.58. The monoisotopic (exact) mass is 242 g/mol. The summed E-state index contributed by atoms with van der Waals surface area (Å²) in [6, 6.07) is 6.32. The number of likely N-dealkylation sites (tertiary alicyclic amines) is 1. The van der Waals surface area contributed by atoms with Gasteiger partial charge in [-0.2, -0.15) is 0 Å². The zero-order valence-electron chi connectivity index (χ0n) is 10.7. The number of aromatic nitrogens is 1. The Hall–Kier alpha value is -1.77. The van der Waals surface area contributed by atoms with Crippen LogP contribution in [0.1, 0.15) is 24.0 Å². The van der Waals surface area contributed by atoms with E-state index in [0.717, 1.165) is 37.0 Å². The molecule has 1 amide bonds. The number of amides is 1. The van der Waals surface area contributed by atoms with Crippen LogP contribution in [-0.4, -0.2) is 28.9 Å². The number of hydrogen-bond donors (Lipinski definition) is 1. The Labute approximate surface area is 107 Å². The fourth-order valence-electron chi connectivity index (χ4n) is 2.68. The molecule has 1 fully saturated rings. The Morgan fingerprint density at radius 3 is 2.89 bits per heavy atom. The molecule has 0 unspecified atom stereocenters. The minimum absolute atomic E-state index is 0.259. The van der Waals surface area contributed by atoms with Gasteiger partial charge in [0.2, 0.25) is 5.91 Å². The Morgan fingerprint density at radius 1 is 1.33 bits per heavy atom. The summed E-state index contributed by atoms with van der Waals surface area (Å²) in [4.78, 5) is 17.4. The molecule has 0 atom stereocenters. The SMILES string of the molecule is Cc1ccc2[nH]cc(CC(=O)N3CCCC3)c2c1. The number of aryl methyl sites for hydroxylation is 1. The number of carbonyl (C=O) groups excluding carboxylic acids is 1. The lowest BCUT2D eigenvalue weighted by atomic mass is 10.1. The largest absolute Gasteiger partial charge is 0.361 e. The van der Waals surface area contributed by atoms with Crippen LogP contribution in [0.15, 0.2) is 24.4 Å². The van der Waals surface area contributed by atoms with Crippen LogP contribution in [0.25, 0.3) is 10.9 Å². The number of carbonyl (C=O) groups is 1. The van der Waals surface area contributed by atoms with E-state index < -0.39 is 0 Å². The average Bonchev–Trinajstić information content (AvgIpc) is 2.99. The van der Waals surface area contributed by atoms with E-state index >= 15 is 0 Å². The van der Waals surface area contributed by atoms with Crippen LogP contribution < -0.4 is 0 Å². The number of benzene rings is 1. The van der Waals surface area contributed by atoms with Gasteiger partial charge in [-0.25, -0.2) is 0 Å². The summed E-state index contributed by atoms with van der Waals surface area (Å²) >= 11 is 0. The van der Waals surface area contributed by atoms with Gasteiger partial charge in [0.05, 0.1) is 6.42 Å². The standard InChI is InChI=1S/C15H18N2O/c1-11-4-5-14-13(8-11)12(10-16-14)9-15(18)17-6-2-3-7-17/h4-5,8,10,16H,2-3,6-7,9H2,1H3. The highest BCUT2D eigenvalue weighted by molar-refractivity contribution is 5.89. The molecular formula is C15H18N2O. The molecule has 3 rings (SSSR count). The molecule has 1 aliphatic heterocycles. The summed E-state index contributed by atoms with van der Waals surface area (Å²) < 4.78 is 0. The van der Waals surface area contributed by atoms with Crippen molar-refractivity contribution < 1.29 is 4.79 Å². The van der Waals surface area contributed by atoms with Crippen LogP contribution in [0.4, 0.5) is 0 Å². The first-order valence-corrected chi connectivity index (χ1v) is 6.58. The summed E-state index contributed by atoms with van der Waals surface area (Å²) in [5, 5.41) is 1.18. The van der Waals surface area contributed by atoms with E-state index in [1.807, 2.05) is 11.1 Å². The average molecular weight is 242 g/mol. The number of nitrogens with zero attached hydrogens (tertiary/aromatic N) is 1. The van der Waals surface area contributed by atoms with Crippen LogP contribution in [-0.2, 0) is 11.2 Å². The normalized spacial score (nSPS) is 15.5. The van der Waals surface area contributed by atoms with Gasteiger partial charge in [-0.15, -0.1) is 0 Å². The van der Waals surface area contributed by atoms with Crippen molar-refractivity contribution in [3.63, 3.8) is 0 Å². The molecule has 1 saturated heterocycles. The molecule has 2 aromatic rings. The number of nitrogens with one attached hydrogen (secondary N) is 1. The number of hydrogen-bond acceptors (Lipinski definition) is 1. The predicted octanol–water partition coefficient (Wildman–Crippen LogP) is 2.64. The molecule has 0 spiro atoms. The van der Waals surface area contributed by atoms with Crippen LogP contribution in [0.5, 0.6) is 0 Å². The van der Waals surface area contributed by atoms with E-state index in [0.29, 0.717) is 6.42 Å². The van der Waals surface area contributed by atoms with Crippen LogP contribution in [0.3, 0.4) is 0 Å². The van der Waals surface area contributed by atoms with Crippen molar-refractivity contribution in [1.82, 2.24) is 9.88 Å². The van der Waals surface area contributed by atoms with E-state index in [4.69, 9.17) is 0 Å². The second-order valence-electron chi connectivity index (χ2n) is 5.13. The molecule has 94 valence electrons. The second kappa shape index (κ2) is 4.48. The minimum Gasteiger partial charge on any atom is -0.361 e. The number of aromatic amines is 1. The highest BCUT2D eigenvalue weighted by atomic mass is 16.2. The Kier molecular flexibility index (Phi) is 2.82. The van der Waals surface area contributed by atoms with Crippen LogP contribution >= 0.6 is 0 Å². The lowest BCUT2D eigenvalue weighted by Crippen LogP contribution is -2.28. The maximum atomic E-state index is 12.2. The Bertz CT molecular complexity index is 579. The minimum atomic E-state index is 0.259.